The molecule has 0 radical (unpaired) electrons. The van der Waals surface area contributed by atoms with Crippen LogP contribution in [0.15, 0.2) is 67.0 Å². The number of pyridine rings is 1. The van der Waals surface area contributed by atoms with E-state index in [2.05, 4.69) is 15.4 Å². The first-order valence-electron chi connectivity index (χ1n) is 13.9. The third kappa shape index (κ3) is 6.55. The number of nitrogens with two attached hydrogens (primary N) is 1. The van der Waals surface area contributed by atoms with Gasteiger partial charge in [-0.15, -0.1) is 0 Å². The molecule has 0 aliphatic rings. The summed E-state index contributed by atoms with van der Waals surface area (Å²) in [5.41, 5.74) is 7.48. The van der Waals surface area contributed by atoms with Crippen molar-refractivity contribution in [2.45, 2.75) is 20.3 Å². The molecule has 3 N–H and O–H groups in total. The van der Waals surface area contributed by atoms with Gasteiger partial charge < -0.3 is 30.0 Å². The van der Waals surface area contributed by atoms with Crippen LogP contribution in [-0.4, -0.2) is 47.5 Å². The van der Waals surface area contributed by atoms with Gasteiger partial charge in [-0.3, -0.25) is 9.78 Å². The van der Waals surface area contributed by atoms with Crippen LogP contribution in [-0.2, 0) is 0 Å². The maximum absolute atomic E-state index is 15.3. The third-order valence-electron chi connectivity index (χ3n) is 6.60. The SMILES string of the molecule is CCOc1cn(-c2ccc(F)cc2C)nc1C(=O)Nc1ccc(Oc2ccnc3cc(OCCCN)c(OC)cc23)c(F)c1. The molecule has 2 aromatic heterocycles. The van der Waals surface area contributed by atoms with E-state index < -0.39 is 11.7 Å². The van der Waals surface area contributed by atoms with E-state index in [1.165, 1.54) is 36.1 Å². The van der Waals surface area contributed by atoms with Gasteiger partial charge in [-0.2, -0.15) is 5.10 Å². The van der Waals surface area contributed by atoms with E-state index in [1.807, 2.05) is 0 Å². The predicted octanol–water partition coefficient (Wildman–Crippen LogP) is 6.19. The smallest absolute Gasteiger partial charge is 0.280 e. The van der Waals surface area contributed by atoms with Gasteiger partial charge in [0.2, 0.25) is 0 Å². The lowest BCUT2D eigenvalue weighted by atomic mass is 10.1. The number of anilines is 1. The average Bonchev–Trinajstić information content (AvgIpc) is 3.42. The summed E-state index contributed by atoms with van der Waals surface area (Å²) in [6.07, 6.45) is 3.77. The molecule has 0 saturated carbocycles. The maximum atomic E-state index is 15.3. The molecular formula is C32H31F2N5O5. The minimum atomic E-state index is -0.709. The molecule has 0 unspecified atom stereocenters. The Kier molecular flexibility index (Phi) is 9.20. The highest BCUT2D eigenvalue weighted by molar-refractivity contribution is 6.04. The van der Waals surface area contributed by atoms with Crippen molar-refractivity contribution in [2.75, 3.05) is 32.2 Å². The standard InChI is InChI=1S/C32H31F2N5O5/c1-4-42-30-18-39(25-8-6-20(33)14-19(25)2)38-31(30)32(40)37-21-7-9-27(23(34)15-21)44-26-10-12-36-24-17-29(43-13-5-11-35)28(41-3)16-22(24)26/h6-10,12,14-18H,4-5,11,13,35H2,1-3H3,(H,37,40). The van der Waals surface area contributed by atoms with Crippen molar-refractivity contribution >= 4 is 22.5 Å². The van der Waals surface area contributed by atoms with Crippen LogP contribution in [0.3, 0.4) is 0 Å². The fourth-order valence-electron chi connectivity index (χ4n) is 4.50. The van der Waals surface area contributed by atoms with Crippen molar-refractivity contribution < 1.29 is 32.5 Å². The van der Waals surface area contributed by atoms with E-state index >= 15 is 4.39 Å². The van der Waals surface area contributed by atoms with Crippen molar-refractivity contribution in [1.82, 2.24) is 14.8 Å². The van der Waals surface area contributed by atoms with Crippen molar-refractivity contribution in [3.63, 3.8) is 0 Å². The number of aryl methyl sites for hydroxylation is 1. The molecule has 228 valence electrons. The third-order valence-corrected chi connectivity index (χ3v) is 6.60. The number of halogens is 2. The molecule has 1 amide bonds. The highest BCUT2D eigenvalue weighted by Crippen LogP contribution is 2.38. The van der Waals surface area contributed by atoms with Gasteiger partial charge in [0.1, 0.15) is 11.6 Å². The molecular weight excluding hydrogens is 572 g/mol. The number of carbonyl (C=O) groups excluding carboxylic acids is 1. The second kappa shape index (κ2) is 13.4. The normalized spacial score (nSPS) is 11.0. The minimum absolute atomic E-state index is 0.0140. The molecule has 44 heavy (non-hydrogen) atoms. The zero-order valence-corrected chi connectivity index (χ0v) is 24.4. The van der Waals surface area contributed by atoms with Crippen molar-refractivity contribution in [3.05, 3.63) is 89.9 Å². The number of hydrogen-bond donors (Lipinski definition) is 2. The number of benzene rings is 3. The van der Waals surface area contributed by atoms with Crippen LogP contribution in [0.1, 0.15) is 29.4 Å². The van der Waals surface area contributed by atoms with Crippen LogP contribution in [0.4, 0.5) is 14.5 Å². The zero-order valence-electron chi connectivity index (χ0n) is 24.4. The number of carbonyl (C=O) groups is 1. The van der Waals surface area contributed by atoms with Crippen LogP contribution in [0.5, 0.6) is 28.7 Å². The molecule has 10 nitrogen and oxygen atoms in total. The van der Waals surface area contributed by atoms with Crippen molar-refractivity contribution in [1.29, 1.82) is 0 Å². The van der Waals surface area contributed by atoms with Crippen LogP contribution in [0.2, 0.25) is 0 Å². The Hall–Kier alpha value is -5.23. The average molecular weight is 604 g/mol. The van der Waals surface area contributed by atoms with E-state index in [4.69, 9.17) is 24.7 Å². The lowest BCUT2D eigenvalue weighted by molar-refractivity contribution is 0.101. The van der Waals surface area contributed by atoms with Gasteiger partial charge in [0.05, 0.1) is 37.7 Å². The molecule has 0 bridgehead atoms. The van der Waals surface area contributed by atoms with Crippen molar-refractivity contribution in [2.24, 2.45) is 5.73 Å². The first kappa shape index (κ1) is 30.2. The Bertz CT molecular complexity index is 1810. The number of methoxy groups -OCH3 is 1. The second-order valence-electron chi connectivity index (χ2n) is 9.67. The van der Waals surface area contributed by atoms with Gasteiger partial charge in [-0.1, -0.05) is 0 Å². The van der Waals surface area contributed by atoms with Gasteiger partial charge in [0.25, 0.3) is 5.91 Å². The van der Waals surface area contributed by atoms with Gasteiger partial charge >= 0.3 is 0 Å². The van der Waals surface area contributed by atoms with Gasteiger partial charge in [0.15, 0.2) is 34.5 Å². The second-order valence-corrected chi connectivity index (χ2v) is 9.67. The topological polar surface area (TPSA) is 123 Å². The molecule has 2 heterocycles. The maximum Gasteiger partial charge on any atom is 0.280 e. The quantitative estimate of drug-likeness (QED) is 0.162. The fourth-order valence-corrected chi connectivity index (χ4v) is 4.50. The van der Waals surface area contributed by atoms with E-state index in [0.717, 1.165) is 6.07 Å². The molecule has 12 heteroatoms. The summed E-state index contributed by atoms with van der Waals surface area (Å²) >= 11 is 0. The first-order valence-corrected chi connectivity index (χ1v) is 13.9. The lowest BCUT2D eigenvalue weighted by Gasteiger charge is -2.14. The van der Waals surface area contributed by atoms with Gasteiger partial charge in [-0.05, 0) is 74.8 Å². The number of fused-ring (bicyclic) bond motifs is 1. The molecule has 0 aliphatic carbocycles. The summed E-state index contributed by atoms with van der Waals surface area (Å²) in [7, 11) is 1.52. The van der Waals surface area contributed by atoms with E-state index in [0.29, 0.717) is 59.0 Å². The minimum Gasteiger partial charge on any atom is -0.493 e. The van der Waals surface area contributed by atoms with Crippen LogP contribution in [0.25, 0.3) is 16.6 Å². The van der Waals surface area contributed by atoms with Crippen LogP contribution in [0, 0.1) is 18.6 Å². The van der Waals surface area contributed by atoms with Crippen molar-refractivity contribution in [3.8, 4) is 34.4 Å². The van der Waals surface area contributed by atoms with E-state index in [9.17, 15) is 9.18 Å². The monoisotopic (exact) mass is 603 g/mol. The summed E-state index contributed by atoms with van der Waals surface area (Å²) in [4.78, 5) is 17.6. The van der Waals surface area contributed by atoms with Crippen LogP contribution >= 0.6 is 0 Å². The first-order chi connectivity index (χ1) is 21.3. The molecule has 0 aliphatic heterocycles. The number of hydrogen-bond acceptors (Lipinski definition) is 8. The molecule has 3 aromatic carbocycles. The summed E-state index contributed by atoms with van der Waals surface area (Å²) in [6, 6.07) is 13.3. The Balaban J connectivity index is 1.36. The number of ether oxygens (including phenoxy) is 4. The molecule has 5 rings (SSSR count). The Morgan fingerprint density at radius 3 is 2.55 bits per heavy atom. The van der Waals surface area contributed by atoms with Crippen LogP contribution < -0.4 is 30.0 Å². The molecule has 0 spiro atoms. The number of amides is 1. The summed E-state index contributed by atoms with van der Waals surface area (Å²) in [5, 5.41) is 7.60. The Morgan fingerprint density at radius 2 is 1.82 bits per heavy atom. The molecule has 5 aromatic rings. The van der Waals surface area contributed by atoms with Gasteiger partial charge in [-0.25, -0.2) is 13.5 Å². The highest BCUT2D eigenvalue weighted by Gasteiger charge is 2.21. The summed E-state index contributed by atoms with van der Waals surface area (Å²) in [5.74, 6) is -0.226. The van der Waals surface area contributed by atoms with Gasteiger partial charge in [0, 0.05) is 29.4 Å². The number of rotatable bonds is 12. The highest BCUT2D eigenvalue weighted by atomic mass is 19.1. The molecule has 0 atom stereocenters. The molecule has 0 fully saturated rings. The summed E-state index contributed by atoms with van der Waals surface area (Å²) < 4.78 is 53.1. The number of nitrogens with zero attached hydrogens (tertiary/aromatic N) is 3. The number of aromatic nitrogens is 3. The largest absolute Gasteiger partial charge is 0.493 e. The lowest BCUT2D eigenvalue weighted by Crippen LogP contribution is -2.14. The number of nitrogens with one attached hydrogen (secondary N) is 1. The molecule has 0 saturated heterocycles. The van der Waals surface area contributed by atoms with E-state index in [1.54, 1.807) is 50.5 Å². The Labute approximate surface area is 252 Å². The zero-order chi connectivity index (χ0) is 31.2. The summed E-state index contributed by atoms with van der Waals surface area (Å²) in [6.45, 7) is 4.71. The Morgan fingerprint density at radius 1 is 0.977 bits per heavy atom. The fraction of sp³-hybridized carbons (Fsp3) is 0.219. The predicted molar refractivity (Wildman–Crippen MR) is 161 cm³/mol. The van der Waals surface area contributed by atoms with E-state index in [-0.39, 0.29) is 35.3 Å².